The first kappa shape index (κ1) is 31.2. The van der Waals surface area contributed by atoms with Crippen molar-refractivity contribution in [3.05, 3.63) is 182 Å². The highest BCUT2D eigenvalue weighted by atomic mass is 32.1. The lowest BCUT2D eigenvalue weighted by Gasteiger charge is -2.11. The number of aromatic nitrogens is 4. The average molecular weight is 731 g/mol. The van der Waals surface area contributed by atoms with E-state index in [0.717, 1.165) is 33.2 Å². The highest BCUT2D eigenvalue weighted by molar-refractivity contribution is 7.26. The monoisotopic (exact) mass is 730 g/mol. The van der Waals surface area contributed by atoms with Crippen LogP contribution < -0.4 is 0 Å². The van der Waals surface area contributed by atoms with E-state index in [1.807, 2.05) is 29.5 Å². The molecular weight excluding hydrogens is 701 g/mol. The Hall–Kier alpha value is -7.21. The molecule has 0 amide bonds. The molecule has 0 aliphatic rings. The Bertz CT molecular complexity index is 3540. The molecule has 0 bridgehead atoms. The molecule has 0 saturated carbocycles. The van der Waals surface area contributed by atoms with E-state index in [2.05, 4.69) is 168 Å². The summed E-state index contributed by atoms with van der Waals surface area (Å²) in [6.07, 6.45) is 0. The van der Waals surface area contributed by atoms with Crippen LogP contribution in [0, 0.1) is 0 Å². The molecule has 0 spiro atoms. The molecule has 0 fully saturated rings. The van der Waals surface area contributed by atoms with Gasteiger partial charge in [0.25, 0.3) is 0 Å². The fourth-order valence-corrected chi connectivity index (χ4v) is 9.67. The lowest BCUT2D eigenvalue weighted by molar-refractivity contribution is 1.08. The summed E-state index contributed by atoms with van der Waals surface area (Å²) >= 11 is 1.81. The Labute approximate surface area is 325 Å². The molecule has 12 aromatic rings. The highest BCUT2D eigenvalue weighted by Crippen LogP contribution is 2.43. The zero-order valence-corrected chi connectivity index (χ0v) is 30.8. The summed E-state index contributed by atoms with van der Waals surface area (Å²) in [4.78, 5) is 15.5. The van der Waals surface area contributed by atoms with Gasteiger partial charge in [0.2, 0.25) is 0 Å². The van der Waals surface area contributed by atoms with Crippen LogP contribution >= 0.6 is 11.3 Å². The normalized spacial score (nSPS) is 11.9. The Morgan fingerprint density at radius 2 is 1.04 bits per heavy atom. The van der Waals surface area contributed by atoms with Crippen molar-refractivity contribution in [1.29, 1.82) is 0 Å². The van der Waals surface area contributed by atoms with Gasteiger partial charge in [0.15, 0.2) is 17.5 Å². The zero-order valence-electron chi connectivity index (χ0n) is 30.0. The van der Waals surface area contributed by atoms with E-state index in [1.165, 1.54) is 63.5 Å². The molecule has 0 aliphatic heterocycles. The molecule has 3 heterocycles. The number of nitrogens with zero attached hydrogens (tertiary/aromatic N) is 4. The van der Waals surface area contributed by atoms with Crippen molar-refractivity contribution in [2.24, 2.45) is 0 Å². The van der Waals surface area contributed by atoms with Crippen LogP contribution in [-0.2, 0) is 0 Å². The van der Waals surface area contributed by atoms with Crippen LogP contribution in [0.4, 0.5) is 0 Å². The van der Waals surface area contributed by atoms with Crippen LogP contribution in [0.2, 0.25) is 0 Å². The molecule has 260 valence electrons. The maximum atomic E-state index is 5.23. The van der Waals surface area contributed by atoms with E-state index in [-0.39, 0.29) is 0 Å². The summed E-state index contributed by atoms with van der Waals surface area (Å²) in [5, 5.41) is 12.2. The topological polar surface area (TPSA) is 43.6 Å². The van der Waals surface area contributed by atoms with Gasteiger partial charge in [-0.15, -0.1) is 11.3 Å². The molecule has 0 saturated heterocycles. The lowest BCUT2D eigenvalue weighted by atomic mass is 10.0. The van der Waals surface area contributed by atoms with Crippen molar-refractivity contribution in [2.45, 2.75) is 0 Å². The van der Waals surface area contributed by atoms with Crippen LogP contribution in [0.3, 0.4) is 0 Å². The predicted molar refractivity (Wildman–Crippen MR) is 236 cm³/mol. The summed E-state index contributed by atoms with van der Waals surface area (Å²) in [5.74, 6) is 1.97. The molecule has 9 aromatic carbocycles. The minimum Gasteiger partial charge on any atom is -0.309 e. The van der Waals surface area contributed by atoms with Gasteiger partial charge < -0.3 is 4.57 Å². The number of benzene rings is 9. The summed E-state index contributed by atoms with van der Waals surface area (Å²) in [7, 11) is 0. The third kappa shape index (κ3) is 4.81. The van der Waals surface area contributed by atoms with Gasteiger partial charge in [0.05, 0.1) is 11.0 Å². The zero-order chi connectivity index (χ0) is 36.7. The van der Waals surface area contributed by atoms with Gasteiger partial charge in [0, 0.05) is 53.3 Å². The van der Waals surface area contributed by atoms with Gasteiger partial charge in [-0.25, -0.2) is 15.0 Å². The molecule has 3 aromatic heterocycles. The van der Waals surface area contributed by atoms with Crippen molar-refractivity contribution >= 4 is 85.6 Å². The number of hydrogen-bond donors (Lipinski definition) is 0. The fraction of sp³-hybridized carbons (Fsp3) is 0. The lowest BCUT2D eigenvalue weighted by Crippen LogP contribution is -2.00. The van der Waals surface area contributed by atoms with E-state index in [1.54, 1.807) is 0 Å². The number of thiophene rings is 1. The quantitative estimate of drug-likeness (QED) is 0.181. The number of rotatable bonds is 4. The second kappa shape index (κ2) is 12.2. The third-order valence-corrected chi connectivity index (χ3v) is 12.3. The van der Waals surface area contributed by atoms with E-state index in [9.17, 15) is 0 Å². The Morgan fingerprint density at radius 1 is 0.357 bits per heavy atom. The van der Waals surface area contributed by atoms with Gasteiger partial charge in [-0.2, -0.15) is 0 Å². The molecule has 56 heavy (non-hydrogen) atoms. The van der Waals surface area contributed by atoms with Crippen LogP contribution in [0.5, 0.6) is 0 Å². The van der Waals surface area contributed by atoms with Gasteiger partial charge in [-0.1, -0.05) is 133 Å². The number of fused-ring (bicyclic) bond motifs is 10. The third-order valence-electron chi connectivity index (χ3n) is 11.2. The molecule has 0 radical (unpaired) electrons. The maximum Gasteiger partial charge on any atom is 0.164 e. The molecule has 0 atom stereocenters. The van der Waals surface area contributed by atoms with Crippen molar-refractivity contribution in [1.82, 2.24) is 19.5 Å². The van der Waals surface area contributed by atoms with Gasteiger partial charge in [0.1, 0.15) is 0 Å². The van der Waals surface area contributed by atoms with Crippen LogP contribution in [0.1, 0.15) is 0 Å². The molecule has 0 aliphatic carbocycles. The highest BCUT2D eigenvalue weighted by Gasteiger charge is 2.20. The van der Waals surface area contributed by atoms with Crippen LogP contribution in [-0.4, -0.2) is 19.5 Å². The summed E-state index contributed by atoms with van der Waals surface area (Å²) < 4.78 is 4.87. The van der Waals surface area contributed by atoms with E-state index in [0.29, 0.717) is 17.5 Å². The molecule has 12 rings (SSSR count). The minimum absolute atomic E-state index is 0.653. The van der Waals surface area contributed by atoms with Crippen molar-refractivity contribution in [2.75, 3.05) is 0 Å². The molecule has 0 unspecified atom stereocenters. The predicted octanol–water partition coefficient (Wildman–Crippen LogP) is 13.8. The first-order valence-electron chi connectivity index (χ1n) is 18.8. The minimum atomic E-state index is 0.653. The smallest absolute Gasteiger partial charge is 0.164 e. The van der Waals surface area contributed by atoms with Crippen molar-refractivity contribution < 1.29 is 0 Å². The average Bonchev–Trinajstić information content (AvgIpc) is 3.80. The SMILES string of the molecule is c1ccc(-c2nc(-c3ccc4ccccc4c3)nc(-c3cccc4sc5ccc(-n6c7cc8ccccc8cc7c7c8ccccc8ccc76)cc5c34)n2)cc1. The second-order valence-corrected chi connectivity index (χ2v) is 15.5. The first-order valence-corrected chi connectivity index (χ1v) is 19.7. The second-order valence-electron chi connectivity index (χ2n) is 14.4. The standard InChI is InChI=1S/C51H30N4S/c1-2-13-33(14-3-1)49-52-50(37-22-21-31-11-4-5-15-34(31)27-37)54-51(53-49)40-19-10-20-46-48(40)42-30-38(24-26-45(42)56-46)55-43-25-23-32-12-8-9-18-39(32)47(43)41-28-35-16-6-7-17-36(35)29-44(41)55/h1-30H. The van der Waals surface area contributed by atoms with Crippen molar-refractivity contribution in [3.8, 4) is 39.9 Å². The molecule has 4 nitrogen and oxygen atoms in total. The van der Waals surface area contributed by atoms with Gasteiger partial charge in [-0.05, 0) is 80.8 Å². The van der Waals surface area contributed by atoms with Gasteiger partial charge in [-0.3, -0.25) is 0 Å². The summed E-state index contributed by atoms with van der Waals surface area (Å²) in [6.45, 7) is 0. The Balaban J connectivity index is 1.12. The fourth-order valence-electron chi connectivity index (χ4n) is 8.56. The Kier molecular flexibility index (Phi) is 6.76. The maximum absolute atomic E-state index is 5.23. The summed E-state index contributed by atoms with van der Waals surface area (Å²) in [6, 6.07) is 65.1. The summed E-state index contributed by atoms with van der Waals surface area (Å²) in [5.41, 5.74) is 6.41. The molecule has 0 N–H and O–H groups in total. The molecule has 5 heteroatoms. The largest absolute Gasteiger partial charge is 0.309 e. The van der Waals surface area contributed by atoms with Crippen LogP contribution in [0.25, 0.3) is 114 Å². The first-order chi connectivity index (χ1) is 27.7. The van der Waals surface area contributed by atoms with E-state index >= 15 is 0 Å². The van der Waals surface area contributed by atoms with E-state index in [4.69, 9.17) is 15.0 Å². The molecular formula is C51H30N4S. The van der Waals surface area contributed by atoms with E-state index < -0.39 is 0 Å². The Morgan fingerprint density at radius 3 is 1.88 bits per heavy atom. The van der Waals surface area contributed by atoms with Gasteiger partial charge >= 0.3 is 0 Å². The number of hydrogen-bond acceptors (Lipinski definition) is 4. The van der Waals surface area contributed by atoms with Crippen molar-refractivity contribution in [3.63, 3.8) is 0 Å². The van der Waals surface area contributed by atoms with Crippen LogP contribution in [0.15, 0.2) is 182 Å².